The highest BCUT2D eigenvalue weighted by atomic mass is 32.2. The van der Waals surface area contributed by atoms with E-state index in [0.717, 1.165) is 38.8 Å². The van der Waals surface area contributed by atoms with E-state index in [1.165, 1.54) is 17.7 Å². The third-order valence-corrected chi connectivity index (χ3v) is 7.14. The molecule has 1 aliphatic heterocycles. The van der Waals surface area contributed by atoms with Gasteiger partial charge in [0, 0.05) is 28.9 Å². The Hall–Kier alpha value is -1.79. The molecule has 1 aromatic carbocycles. The van der Waals surface area contributed by atoms with E-state index in [0.29, 0.717) is 18.3 Å². The number of carbonyl (C=O) groups is 1. The van der Waals surface area contributed by atoms with Gasteiger partial charge in [0.25, 0.3) is 5.91 Å². The number of piperidine rings is 1. The molecular formula is C21H28N4OS. The highest BCUT2D eigenvalue weighted by Gasteiger charge is 2.35. The van der Waals surface area contributed by atoms with E-state index >= 15 is 0 Å². The standard InChI is InChI=1S/C21H28N4OS/c26-20(19-10-14-25(24-19)17-7-6-13-22-15-17)23-16-21(11-4-5-12-21)27-18-8-2-1-3-9-18/h1-3,8-10,14,17,22H,4-7,11-13,15-16H2,(H,23,26). The summed E-state index contributed by atoms with van der Waals surface area (Å²) in [6.07, 6.45) is 8.98. The first-order valence-corrected chi connectivity index (χ1v) is 10.8. The van der Waals surface area contributed by atoms with Crippen LogP contribution in [0.15, 0.2) is 47.5 Å². The van der Waals surface area contributed by atoms with Crippen LogP contribution in [0.4, 0.5) is 0 Å². The van der Waals surface area contributed by atoms with Gasteiger partial charge in [0.15, 0.2) is 0 Å². The molecule has 1 aromatic heterocycles. The third-order valence-electron chi connectivity index (χ3n) is 5.65. The minimum Gasteiger partial charge on any atom is -0.349 e. The predicted octanol–water partition coefficient (Wildman–Crippen LogP) is 3.64. The summed E-state index contributed by atoms with van der Waals surface area (Å²) in [4.78, 5) is 14.0. The summed E-state index contributed by atoms with van der Waals surface area (Å²) in [6.45, 7) is 2.70. The van der Waals surface area contributed by atoms with Crippen molar-refractivity contribution in [1.29, 1.82) is 0 Å². The summed E-state index contributed by atoms with van der Waals surface area (Å²) < 4.78 is 2.05. The van der Waals surface area contributed by atoms with E-state index in [2.05, 4.69) is 40.0 Å². The molecule has 27 heavy (non-hydrogen) atoms. The largest absolute Gasteiger partial charge is 0.349 e. The van der Waals surface area contributed by atoms with Gasteiger partial charge in [0.05, 0.1) is 6.04 Å². The van der Waals surface area contributed by atoms with Crippen molar-refractivity contribution in [3.63, 3.8) is 0 Å². The molecule has 2 aromatic rings. The van der Waals surface area contributed by atoms with Crippen molar-refractivity contribution in [2.45, 2.75) is 54.2 Å². The number of thioether (sulfide) groups is 1. The van der Waals surface area contributed by atoms with Crippen molar-refractivity contribution in [3.05, 3.63) is 48.3 Å². The van der Waals surface area contributed by atoms with Gasteiger partial charge >= 0.3 is 0 Å². The van der Waals surface area contributed by atoms with Gasteiger partial charge in [-0.25, -0.2) is 0 Å². The molecule has 2 fully saturated rings. The fourth-order valence-electron chi connectivity index (χ4n) is 4.13. The summed E-state index contributed by atoms with van der Waals surface area (Å²) in [6, 6.07) is 12.7. The first kappa shape index (κ1) is 18.6. The summed E-state index contributed by atoms with van der Waals surface area (Å²) in [5, 5.41) is 11.1. The molecule has 144 valence electrons. The van der Waals surface area contributed by atoms with Crippen LogP contribution in [0.1, 0.15) is 55.1 Å². The summed E-state index contributed by atoms with van der Waals surface area (Å²) in [5.41, 5.74) is 0.526. The highest BCUT2D eigenvalue weighted by molar-refractivity contribution is 8.00. The first-order valence-electron chi connectivity index (χ1n) is 10.0. The van der Waals surface area contributed by atoms with Gasteiger partial charge in [0.2, 0.25) is 0 Å². The fourth-order valence-corrected chi connectivity index (χ4v) is 5.56. The first-order chi connectivity index (χ1) is 13.2. The summed E-state index contributed by atoms with van der Waals surface area (Å²) in [5.74, 6) is -0.0579. The Balaban J connectivity index is 1.38. The van der Waals surface area contributed by atoms with Crippen molar-refractivity contribution < 1.29 is 4.79 Å². The normalized spacial score (nSPS) is 21.9. The summed E-state index contributed by atoms with van der Waals surface area (Å²) in [7, 11) is 0. The van der Waals surface area contributed by atoms with Crippen molar-refractivity contribution in [3.8, 4) is 0 Å². The lowest BCUT2D eigenvalue weighted by molar-refractivity contribution is 0.0943. The number of amides is 1. The smallest absolute Gasteiger partial charge is 0.271 e. The van der Waals surface area contributed by atoms with Crippen molar-refractivity contribution >= 4 is 17.7 Å². The Kier molecular flexibility index (Phi) is 5.83. The maximum Gasteiger partial charge on any atom is 0.271 e. The lowest BCUT2D eigenvalue weighted by Gasteiger charge is -2.28. The van der Waals surface area contributed by atoms with Crippen LogP contribution < -0.4 is 10.6 Å². The van der Waals surface area contributed by atoms with Gasteiger partial charge in [-0.2, -0.15) is 5.10 Å². The zero-order valence-corrected chi connectivity index (χ0v) is 16.5. The lowest BCUT2D eigenvalue weighted by atomic mass is 10.1. The van der Waals surface area contributed by atoms with Gasteiger partial charge in [0.1, 0.15) is 5.69 Å². The molecule has 1 aliphatic carbocycles. The molecule has 1 saturated carbocycles. The lowest BCUT2D eigenvalue weighted by Crippen LogP contribution is -2.39. The van der Waals surface area contributed by atoms with Crippen LogP contribution >= 0.6 is 11.8 Å². The van der Waals surface area contributed by atoms with E-state index in [1.54, 1.807) is 0 Å². The Bertz CT molecular complexity index is 749. The Morgan fingerprint density at radius 1 is 1.22 bits per heavy atom. The van der Waals surface area contributed by atoms with Crippen LogP contribution in [0, 0.1) is 0 Å². The molecule has 1 saturated heterocycles. The molecule has 0 spiro atoms. The Morgan fingerprint density at radius 2 is 2.04 bits per heavy atom. The zero-order valence-electron chi connectivity index (χ0n) is 15.7. The fraction of sp³-hybridized carbons (Fsp3) is 0.524. The molecule has 6 heteroatoms. The predicted molar refractivity (Wildman–Crippen MR) is 109 cm³/mol. The van der Waals surface area contributed by atoms with Crippen LogP contribution in [-0.2, 0) is 0 Å². The van der Waals surface area contributed by atoms with Gasteiger partial charge in [-0.3, -0.25) is 9.48 Å². The quantitative estimate of drug-likeness (QED) is 0.798. The highest BCUT2D eigenvalue weighted by Crippen LogP contribution is 2.44. The van der Waals surface area contributed by atoms with E-state index in [4.69, 9.17) is 0 Å². The average molecular weight is 385 g/mol. The van der Waals surface area contributed by atoms with Crippen LogP contribution in [0.2, 0.25) is 0 Å². The second-order valence-electron chi connectivity index (χ2n) is 7.67. The van der Waals surface area contributed by atoms with E-state index < -0.39 is 0 Å². The maximum atomic E-state index is 12.7. The van der Waals surface area contributed by atoms with E-state index in [9.17, 15) is 4.79 Å². The topological polar surface area (TPSA) is 59.0 Å². The summed E-state index contributed by atoms with van der Waals surface area (Å²) >= 11 is 1.92. The van der Waals surface area contributed by atoms with Crippen LogP contribution in [0.3, 0.4) is 0 Å². The Morgan fingerprint density at radius 3 is 2.78 bits per heavy atom. The second-order valence-corrected chi connectivity index (χ2v) is 9.21. The number of rotatable bonds is 6. The van der Waals surface area contributed by atoms with Gasteiger partial charge in [-0.05, 0) is 50.4 Å². The second kappa shape index (κ2) is 8.48. The van der Waals surface area contributed by atoms with Crippen molar-refractivity contribution in [2.24, 2.45) is 0 Å². The number of benzene rings is 1. The molecule has 2 heterocycles. The Labute approximate surface area is 165 Å². The van der Waals surface area contributed by atoms with Gasteiger partial charge in [-0.1, -0.05) is 31.0 Å². The minimum absolute atomic E-state index is 0.0579. The van der Waals surface area contributed by atoms with Crippen molar-refractivity contribution in [2.75, 3.05) is 19.6 Å². The molecular weight excluding hydrogens is 356 g/mol. The zero-order chi connectivity index (χ0) is 18.5. The van der Waals surface area contributed by atoms with Crippen molar-refractivity contribution in [1.82, 2.24) is 20.4 Å². The molecule has 5 nitrogen and oxygen atoms in total. The molecule has 0 radical (unpaired) electrons. The van der Waals surface area contributed by atoms with Gasteiger partial charge < -0.3 is 10.6 Å². The molecule has 1 unspecified atom stereocenters. The number of carbonyl (C=O) groups excluding carboxylic acids is 1. The van der Waals surface area contributed by atoms with Crippen LogP contribution in [-0.4, -0.2) is 40.1 Å². The molecule has 2 aliphatic rings. The van der Waals surface area contributed by atoms with E-state index in [1.807, 2.05) is 34.8 Å². The monoisotopic (exact) mass is 384 g/mol. The molecule has 0 bridgehead atoms. The molecule has 4 rings (SSSR count). The van der Waals surface area contributed by atoms with Crippen LogP contribution in [0.5, 0.6) is 0 Å². The number of nitrogens with zero attached hydrogens (tertiary/aromatic N) is 2. The van der Waals surface area contributed by atoms with E-state index in [-0.39, 0.29) is 10.7 Å². The minimum atomic E-state index is -0.0579. The third kappa shape index (κ3) is 4.55. The molecule has 1 atom stereocenters. The molecule has 1 amide bonds. The van der Waals surface area contributed by atoms with Crippen LogP contribution in [0.25, 0.3) is 0 Å². The molecule has 2 N–H and O–H groups in total. The number of aromatic nitrogens is 2. The maximum absolute atomic E-state index is 12.7. The SMILES string of the molecule is O=C(NCC1(Sc2ccccc2)CCCC1)c1ccn(C2CCCNC2)n1. The number of hydrogen-bond donors (Lipinski definition) is 2. The number of hydrogen-bond acceptors (Lipinski definition) is 4. The number of nitrogens with one attached hydrogen (secondary N) is 2. The van der Waals surface area contributed by atoms with Gasteiger partial charge in [-0.15, -0.1) is 11.8 Å². The average Bonchev–Trinajstić information content (AvgIpc) is 3.38.